The van der Waals surface area contributed by atoms with E-state index in [-0.39, 0.29) is 6.03 Å². The molecule has 0 unspecified atom stereocenters. The maximum Gasteiger partial charge on any atom is 0.416 e. The van der Waals surface area contributed by atoms with Gasteiger partial charge in [-0.15, -0.1) is 0 Å². The van der Waals surface area contributed by atoms with Crippen LogP contribution in [0.2, 0.25) is 0 Å². The number of hydrogen-bond donors (Lipinski definition) is 2. The second kappa shape index (κ2) is 6.18. The number of urea groups is 1. The molecule has 8 heteroatoms. The normalized spacial score (nSPS) is 14.4. The molecule has 128 valence electrons. The number of nitrogens with zero attached hydrogens (tertiary/aromatic N) is 2. The van der Waals surface area contributed by atoms with Gasteiger partial charge in [0.15, 0.2) is 0 Å². The molecule has 1 aliphatic rings. The molecule has 3 rings (SSSR count). The number of halogens is 3. The molecule has 2 N–H and O–H groups in total. The van der Waals surface area contributed by atoms with Gasteiger partial charge in [-0.25, -0.2) is 4.79 Å². The zero-order chi connectivity index (χ0) is 17.3. The number of rotatable bonds is 2. The van der Waals surface area contributed by atoms with E-state index in [9.17, 15) is 18.0 Å². The molecule has 2 heterocycles. The minimum absolute atomic E-state index is 0.150. The Bertz CT molecular complexity index is 737. The number of hydrogen-bond acceptors (Lipinski definition) is 2. The number of aromatic amines is 1. The third-order valence-electron chi connectivity index (χ3n) is 4.03. The molecular formula is C16H17F3N4O. The van der Waals surface area contributed by atoms with E-state index in [0.717, 1.165) is 23.4 Å². The zero-order valence-corrected chi connectivity index (χ0v) is 13.1. The second-order valence-electron chi connectivity index (χ2n) is 5.61. The Hall–Kier alpha value is -2.51. The third kappa shape index (κ3) is 3.08. The van der Waals surface area contributed by atoms with Crippen molar-refractivity contribution in [3.63, 3.8) is 0 Å². The van der Waals surface area contributed by atoms with Crippen LogP contribution < -0.4 is 5.32 Å². The molecule has 24 heavy (non-hydrogen) atoms. The SMILES string of the molecule is CCNC(=O)N1CCc2[nH]nc(-c3ccc(C(F)(F)F)cc3)c2C1. The molecular weight excluding hydrogens is 321 g/mol. The van der Waals surface area contributed by atoms with Crippen LogP contribution in [0.5, 0.6) is 0 Å². The predicted octanol–water partition coefficient (Wildman–Crippen LogP) is 3.18. The van der Waals surface area contributed by atoms with Crippen LogP contribution in [-0.4, -0.2) is 34.2 Å². The van der Waals surface area contributed by atoms with Crippen LogP contribution in [0.15, 0.2) is 24.3 Å². The van der Waals surface area contributed by atoms with E-state index in [1.54, 1.807) is 4.90 Å². The monoisotopic (exact) mass is 338 g/mol. The highest BCUT2D eigenvalue weighted by molar-refractivity contribution is 5.75. The van der Waals surface area contributed by atoms with Crippen molar-refractivity contribution < 1.29 is 18.0 Å². The molecule has 0 atom stereocenters. The summed E-state index contributed by atoms with van der Waals surface area (Å²) in [6.07, 6.45) is -3.72. The standard InChI is InChI=1S/C16H17F3N4O/c1-2-20-15(24)23-8-7-13-12(9-23)14(22-21-13)10-3-5-11(6-4-10)16(17,18)19/h3-6H,2,7-9H2,1H3,(H,20,24)(H,21,22). The van der Waals surface area contributed by atoms with Crippen LogP contribution in [0.4, 0.5) is 18.0 Å². The summed E-state index contributed by atoms with van der Waals surface area (Å²) in [5.74, 6) is 0. The van der Waals surface area contributed by atoms with Gasteiger partial charge in [0, 0.05) is 36.3 Å². The molecule has 0 radical (unpaired) electrons. The number of amides is 2. The predicted molar refractivity (Wildman–Crippen MR) is 82.2 cm³/mol. The topological polar surface area (TPSA) is 61.0 Å². The van der Waals surface area contributed by atoms with Crippen molar-refractivity contribution in [1.82, 2.24) is 20.4 Å². The molecule has 0 fully saturated rings. The van der Waals surface area contributed by atoms with Crippen molar-refractivity contribution in [2.45, 2.75) is 26.1 Å². The van der Waals surface area contributed by atoms with Crippen molar-refractivity contribution in [2.75, 3.05) is 13.1 Å². The third-order valence-corrected chi connectivity index (χ3v) is 4.03. The molecule has 0 saturated carbocycles. The van der Waals surface area contributed by atoms with Crippen molar-refractivity contribution in [3.05, 3.63) is 41.1 Å². The van der Waals surface area contributed by atoms with Crippen LogP contribution in [-0.2, 0) is 19.1 Å². The quantitative estimate of drug-likeness (QED) is 0.883. The van der Waals surface area contributed by atoms with Gasteiger partial charge >= 0.3 is 12.2 Å². The van der Waals surface area contributed by atoms with E-state index < -0.39 is 11.7 Å². The number of carbonyl (C=O) groups excluding carboxylic acids is 1. The Kier molecular flexibility index (Phi) is 4.21. The summed E-state index contributed by atoms with van der Waals surface area (Å²) in [6.45, 7) is 3.35. The van der Waals surface area contributed by atoms with Gasteiger partial charge in [-0.1, -0.05) is 12.1 Å². The van der Waals surface area contributed by atoms with Gasteiger partial charge in [0.2, 0.25) is 0 Å². The highest BCUT2D eigenvalue weighted by Crippen LogP contribution is 2.33. The van der Waals surface area contributed by atoms with Crippen LogP contribution in [0.3, 0.4) is 0 Å². The largest absolute Gasteiger partial charge is 0.416 e. The van der Waals surface area contributed by atoms with Gasteiger partial charge in [-0.05, 0) is 19.1 Å². The summed E-state index contributed by atoms with van der Waals surface area (Å²) in [5.41, 5.74) is 2.27. The van der Waals surface area contributed by atoms with Crippen LogP contribution in [0.1, 0.15) is 23.7 Å². The van der Waals surface area contributed by atoms with Gasteiger partial charge < -0.3 is 10.2 Å². The number of carbonyl (C=O) groups is 1. The number of aromatic nitrogens is 2. The number of H-pyrrole nitrogens is 1. The molecule has 2 amide bonds. The first-order valence-corrected chi connectivity index (χ1v) is 7.66. The molecule has 0 aliphatic carbocycles. The number of fused-ring (bicyclic) bond motifs is 1. The molecule has 2 aromatic rings. The van der Waals surface area contributed by atoms with E-state index >= 15 is 0 Å². The first kappa shape index (κ1) is 16.4. The average molecular weight is 338 g/mol. The Morgan fingerprint density at radius 2 is 2.04 bits per heavy atom. The van der Waals surface area contributed by atoms with Crippen LogP contribution in [0, 0.1) is 0 Å². The molecule has 5 nitrogen and oxygen atoms in total. The summed E-state index contributed by atoms with van der Waals surface area (Å²) < 4.78 is 38.0. The lowest BCUT2D eigenvalue weighted by atomic mass is 10.0. The maximum atomic E-state index is 12.7. The fourth-order valence-corrected chi connectivity index (χ4v) is 2.79. The Morgan fingerprint density at radius 1 is 1.33 bits per heavy atom. The fourth-order valence-electron chi connectivity index (χ4n) is 2.79. The first-order valence-electron chi connectivity index (χ1n) is 7.66. The molecule has 1 aliphatic heterocycles. The van der Waals surface area contributed by atoms with Crippen molar-refractivity contribution in [2.24, 2.45) is 0 Å². The molecule has 0 bridgehead atoms. The second-order valence-corrected chi connectivity index (χ2v) is 5.61. The smallest absolute Gasteiger partial charge is 0.338 e. The Labute approximate surface area is 136 Å². The summed E-state index contributed by atoms with van der Waals surface area (Å²) in [6, 6.07) is 4.75. The van der Waals surface area contributed by atoms with Crippen molar-refractivity contribution in [1.29, 1.82) is 0 Å². The van der Waals surface area contributed by atoms with E-state index in [0.29, 0.717) is 37.3 Å². The van der Waals surface area contributed by atoms with E-state index in [4.69, 9.17) is 0 Å². The summed E-state index contributed by atoms with van der Waals surface area (Å²) >= 11 is 0. The summed E-state index contributed by atoms with van der Waals surface area (Å²) in [7, 11) is 0. The number of alkyl halides is 3. The average Bonchev–Trinajstić information content (AvgIpc) is 2.97. The van der Waals surface area contributed by atoms with Crippen LogP contribution in [0.25, 0.3) is 11.3 Å². The molecule has 0 saturated heterocycles. The van der Waals surface area contributed by atoms with E-state index in [1.807, 2.05) is 6.92 Å². The van der Waals surface area contributed by atoms with Gasteiger partial charge in [-0.2, -0.15) is 18.3 Å². The summed E-state index contributed by atoms with van der Waals surface area (Å²) in [4.78, 5) is 13.7. The Morgan fingerprint density at radius 3 is 2.67 bits per heavy atom. The zero-order valence-electron chi connectivity index (χ0n) is 13.1. The van der Waals surface area contributed by atoms with Crippen molar-refractivity contribution in [3.8, 4) is 11.3 Å². The maximum absolute atomic E-state index is 12.7. The highest BCUT2D eigenvalue weighted by Gasteiger charge is 2.30. The lowest BCUT2D eigenvalue weighted by molar-refractivity contribution is -0.137. The Balaban J connectivity index is 1.87. The van der Waals surface area contributed by atoms with Gasteiger partial charge in [0.05, 0.1) is 17.8 Å². The molecule has 1 aromatic carbocycles. The van der Waals surface area contributed by atoms with E-state index in [2.05, 4.69) is 15.5 Å². The minimum atomic E-state index is -4.36. The first-order chi connectivity index (χ1) is 11.4. The highest BCUT2D eigenvalue weighted by atomic mass is 19.4. The van der Waals surface area contributed by atoms with Gasteiger partial charge in [0.25, 0.3) is 0 Å². The number of nitrogens with one attached hydrogen (secondary N) is 2. The van der Waals surface area contributed by atoms with Crippen LogP contribution >= 0.6 is 0 Å². The fraction of sp³-hybridized carbons (Fsp3) is 0.375. The van der Waals surface area contributed by atoms with Crippen molar-refractivity contribution >= 4 is 6.03 Å². The lowest BCUT2D eigenvalue weighted by Crippen LogP contribution is -2.42. The summed E-state index contributed by atoms with van der Waals surface area (Å²) in [5, 5.41) is 9.92. The molecule has 0 spiro atoms. The molecule has 1 aromatic heterocycles. The van der Waals surface area contributed by atoms with Gasteiger partial charge in [-0.3, -0.25) is 5.10 Å². The van der Waals surface area contributed by atoms with Gasteiger partial charge in [0.1, 0.15) is 0 Å². The number of benzene rings is 1. The lowest BCUT2D eigenvalue weighted by Gasteiger charge is -2.27. The minimum Gasteiger partial charge on any atom is -0.338 e. The van der Waals surface area contributed by atoms with E-state index in [1.165, 1.54) is 12.1 Å².